The largest absolute Gasteiger partial charge is 0.368 e. The van der Waals surface area contributed by atoms with Crippen molar-refractivity contribution in [2.45, 2.75) is 13.2 Å². The number of rotatable bonds is 5. The quantitative estimate of drug-likeness (QED) is 0.589. The van der Waals surface area contributed by atoms with Crippen molar-refractivity contribution in [3.8, 4) is 0 Å². The molecule has 0 aliphatic rings. The zero-order valence-corrected chi connectivity index (χ0v) is 9.74. The van der Waals surface area contributed by atoms with Crippen molar-refractivity contribution in [1.82, 2.24) is 10.3 Å². The first-order valence-corrected chi connectivity index (χ1v) is 4.68. The van der Waals surface area contributed by atoms with Crippen molar-refractivity contribution < 1.29 is 14.6 Å². The molecule has 1 aromatic heterocycles. The molecule has 1 amide bonds. The number of halogens is 1. The Kier molecular flexibility index (Phi) is 7.45. The molecular weight excluding hydrogens is 232 g/mol. The van der Waals surface area contributed by atoms with E-state index in [1.165, 1.54) is 13.1 Å². The molecule has 0 fully saturated rings. The van der Waals surface area contributed by atoms with Crippen LogP contribution in [0.5, 0.6) is 0 Å². The van der Waals surface area contributed by atoms with Gasteiger partial charge in [0.05, 0.1) is 12.2 Å². The number of ether oxygens (including phenoxy) is 1. The van der Waals surface area contributed by atoms with Gasteiger partial charge in [-0.1, -0.05) is 0 Å². The number of pyridine rings is 1. The molecule has 0 saturated carbocycles. The molecule has 0 spiro atoms. The summed E-state index contributed by atoms with van der Waals surface area (Å²) < 4.78 is 4.85. The van der Waals surface area contributed by atoms with Crippen LogP contribution in [0.1, 0.15) is 17.3 Å². The third-order valence-electron chi connectivity index (χ3n) is 1.67. The lowest BCUT2D eigenvalue weighted by Gasteiger charge is -2.07. The molecule has 0 aliphatic carbocycles. The summed E-state index contributed by atoms with van der Waals surface area (Å²) in [5.41, 5.74) is 0.509. The summed E-state index contributed by atoms with van der Waals surface area (Å²) in [6, 6.07) is 3.37. The zero-order chi connectivity index (χ0) is 11.1. The van der Waals surface area contributed by atoms with Crippen molar-refractivity contribution in [3.63, 3.8) is 0 Å². The minimum atomic E-state index is -0.805. The molecule has 0 bridgehead atoms. The number of nitrogens with one attached hydrogen (secondary N) is 1. The monoisotopic (exact) mass is 246 g/mol. The Hall–Kier alpha value is -1.17. The van der Waals surface area contributed by atoms with Crippen LogP contribution in [0.25, 0.3) is 0 Å². The van der Waals surface area contributed by atoms with E-state index in [-0.39, 0.29) is 24.9 Å². The molecule has 1 heterocycles. The van der Waals surface area contributed by atoms with E-state index in [1.54, 1.807) is 18.3 Å². The number of amides is 1. The summed E-state index contributed by atoms with van der Waals surface area (Å²) in [5.74, 6) is -0.197. The van der Waals surface area contributed by atoms with E-state index in [0.717, 1.165) is 0 Å². The second-order valence-electron chi connectivity index (χ2n) is 2.97. The van der Waals surface area contributed by atoms with Crippen molar-refractivity contribution in [3.05, 3.63) is 30.1 Å². The Bertz CT molecular complexity index is 306. The van der Waals surface area contributed by atoms with Gasteiger partial charge in [-0.05, 0) is 19.1 Å². The highest BCUT2D eigenvalue weighted by atomic mass is 35.5. The van der Waals surface area contributed by atoms with Gasteiger partial charge in [-0.3, -0.25) is 9.78 Å². The number of aliphatic hydroxyl groups is 1. The van der Waals surface area contributed by atoms with E-state index in [9.17, 15) is 4.79 Å². The molecule has 1 unspecified atom stereocenters. The van der Waals surface area contributed by atoms with Gasteiger partial charge in [0.2, 0.25) is 0 Å². The highest BCUT2D eigenvalue weighted by Gasteiger charge is 2.03. The van der Waals surface area contributed by atoms with Crippen LogP contribution in [0.3, 0.4) is 0 Å². The van der Waals surface area contributed by atoms with Gasteiger partial charge < -0.3 is 15.2 Å². The maximum atomic E-state index is 11.4. The SMILES string of the molecule is CC(O)OCCNC(=O)c1cccnc1.Cl. The zero-order valence-electron chi connectivity index (χ0n) is 8.92. The van der Waals surface area contributed by atoms with Gasteiger partial charge in [0, 0.05) is 18.9 Å². The van der Waals surface area contributed by atoms with Crippen molar-refractivity contribution in [1.29, 1.82) is 0 Å². The van der Waals surface area contributed by atoms with Crippen LogP contribution in [0, 0.1) is 0 Å². The number of aromatic nitrogens is 1. The van der Waals surface area contributed by atoms with Gasteiger partial charge in [-0.15, -0.1) is 12.4 Å². The molecule has 2 N–H and O–H groups in total. The Morgan fingerprint density at radius 1 is 1.69 bits per heavy atom. The van der Waals surface area contributed by atoms with E-state index in [0.29, 0.717) is 12.1 Å². The lowest BCUT2D eigenvalue weighted by molar-refractivity contribution is -0.0831. The van der Waals surface area contributed by atoms with Crippen LogP contribution in [0.15, 0.2) is 24.5 Å². The summed E-state index contributed by atoms with van der Waals surface area (Å²) >= 11 is 0. The summed E-state index contributed by atoms with van der Waals surface area (Å²) in [6.07, 6.45) is 2.29. The predicted octanol–water partition coefficient (Wildman–Crippen LogP) is 0.588. The highest BCUT2D eigenvalue weighted by Crippen LogP contribution is 1.94. The lowest BCUT2D eigenvalue weighted by atomic mass is 10.3. The van der Waals surface area contributed by atoms with Gasteiger partial charge in [0.25, 0.3) is 5.91 Å². The molecule has 0 aliphatic heterocycles. The minimum absolute atomic E-state index is 0. The van der Waals surface area contributed by atoms with Gasteiger partial charge in [0.15, 0.2) is 6.29 Å². The summed E-state index contributed by atoms with van der Waals surface area (Å²) in [7, 11) is 0. The average molecular weight is 247 g/mol. The smallest absolute Gasteiger partial charge is 0.252 e. The summed E-state index contributed by atoms with van der Waals surface area (Å²) in [6.45, 7) is 2.16. The standard InChI is InChI=1S/C10H14N2O3.ClH/c1-8(13)15-6-5-12-10(14)9-3-2-4-11-7-9;/h2-4,7-8,13H,5-6H2,1H3,(H,12,14);1H. The van der Waals surface area contributed by atoms with Crippen molar-refractivity contribution in [2.75, 3.05) is 13.2 Å². The lowest BCUT2D eigenvalue weighted by Crippen LogP contribution is -2.28. The van der Waals surface area contributed by atoms with Gasteiger partial charge in [-0.2, -0.15) is 0 Å². The molecular formula is C10H15ClN2O3. The number of carbonyl (C=O) groups excluding carboxylic acids is 1. The van der Waals surface area contributed by atoms with E-state index >= 15 is 0 Å². The number of aliphatic hydroxyl groups excluding tert-OH is 1. The topological polar surface area (TPSA) is 71.5 Å². The van der Waals surface area contributed by atoms with Gasteiger partial charge in [0.1, 0.15) is 0 Å². The first-order chi connectivity index (χ1) is 7.20. The maximum absolute atomic E-state index is 11.4. The van der Waals surface area contributed by atoms with Crippen LogP contribution in [0.4, 0.5) is 0 Å². The molecule has 1 rings (SSSR count). The summed E-state index contributed by atoms with van der Waals surface area (Å²) in [5, 5.41) is 11.4. The molecule has 0 radical (unpaired) electrons. The normalized spacial score (nSPS) is 11.4. The Labute approximate surface area is 100 Å². The van der Waals surface area contributed by atoms with E-state index in [2.05, 4.69) is 10.3 Å². The fraction of sp³-hybridized carbons (Fsp3) is 0.400. The fourth-order valence-electron chi connectivity index (χ4n) is 0.993. The fourth-order valence-corrected chi connectivity index (χ4v) is 0.993. The summed E-state index contributed by atoms with van der Waals surface area (Å²) in [4.78, 5) is 15.3. The van der Waals surface area contributed by atoms with E-state index in [4.69, 9.17) is 9.84 Å². The molecule has 5 nitrogen and oxygen atoms in total. The molecule has 90 valence electrons. The number of hydrogen-bond acceptors (Lipinski definition) is 4. The van der Waals surface area contributed by atoms with Gasteiger partial charge >= 0.3 is 0 Å². The Morgan fingerprint density at radius 3 is 3.00 bits per heavy atom. The maximum Gasteiger partial charge on any atom is 0.252 e. The van der Waals surface area contributed by atoms with Crippen LogP contribution >= 0.6 is 12.4 Å². The minimum Gasteiger partial charge on any atom is -0.368 e. The van der Waals surface area contributed by atoms with Crippen LogP contribution in [-0.2, 0) is 4.74 Å². The third kappa shape index (κ3) is 5.65. The van der Waals surface area contributed by atoms with Crippen LogP contribution in [0.2, 0.25) is 0 Å². The predicted molar refractivity (Wildman–Crippen MR) is 61.5 cm³/mol. The molecule has 1 atom stereocenters. The number of carbonyl (C=O) groups is 1. The molecule has 6 heteroatoms. The van der Waals surface area contributed by atoms with E-state index < -0.39 is 6.29 Å². The second kappa shape index (κ2) is 8.04. The van der Waals surface area contributed by atoms with Crippen LogP contribution < -0.4 is 5.32 Å². The second-order valence-corrected chi connectivity index (χ2v) is 2.97. The molecule has 0 aromatic carbocycles. The number of nitrogens with zero attached hydrogens (tertiary/aromatic N) is 1. The molecule has 0 saturated heterocycles. The first kappa shape index (κ1) is 14.8. The van der Waals surface area contributed by atoms with Crippen LogP contribution in [-0.4, -0.2) is 35.4 Å². The average Bonchev–Trinajstić information content (AvgIpc) is 2.25. The third-order valence-corrected chi connectivity index (χ3v) is 1.67. The molecule has 1 aromatic rings. The van der Waals surface area contributed by atoms with Gasteiger partial charge in [-0.25, -0.2) is 0 Å². The van der Waals surface area contributed by atoms with Crippen molar-refractivity contribution in [2.24, 2.45) is 0 Å². The van der Waals surface area contributed by atoms with Crippen molar-refractivity contribution >= 4 is 18.3 Å². The Morgan fingerprint density at radius 2 is 2.44 bits per heavy atom. The highest BCUT2D eigenvalue weighted by molar-refractivity contribution is 5.93. The first-order valence-electron chi connectivity index (χ1n) is 4.68. The molecule has 16 heavy (non-hydrogen) atoms. The number of hydrogen-bond donors (Lipinski definition) is 2. The van der Waals surface area contributed by atoms with E-state index in [1.807, 2.05) is 0 Å². The Balaban J connectivity index is 0.00000225.